The highest BCUT2D eigenvalue weighted by Crippen LogP contribution is 2.20. The Labute approximate surface area is 196 Å². The van der Waals surface area contributed by atoms with E-state index in [2.05, 4.69) is 31.9 Å². The number of aryl methyl sites for hydroxylation is 1. The van der Waals surface area contributed by atoms with Crippen molar-refractivity contribution in [1.29, 1.82) is 0 Å². The number of carbonyl (C=O) groups is 1. The molecule has 9 heteroatoms. The number of para-hydroxylation sites is 2. The molecule has 33 heavy (non-hydrogen) atoms. The van der Waals surface area contributed by atoms with Crippen molar-refractivity contribution in [2.24, 2.45) is 0 Å². The zero-order valence-corrected chi connectivity index (χ0v) is 19.5. The Morgan fingerprint density at radius 2 is 1.88 bits per heavy atom. The minimum atomic E-state index is -0.135. The standard InChI is InChI=1S/C24H28N6O2S/c1-33-16-14-21(23-26-19-11-6-7-12-20(19)27-23)25-22(31)13-3-2-8-15-30-24(32)17-9-4-5-10-18(17)28-29-30/h4-7,9-12,21H,2-3,8,13-16H2,1H3,(H,25,31)(H,26,27). The molecule has 2 aromatic heterocycles. The van der Waals surface area contributed by atoms with E-state index in [4.69, 9.17) is 0 Å². The van der Waals surface area contributed by atoms with Crippen LogP contribution in [-0.4, -0.2) is 42.9 Å². The van der Waals surface area contributed by atoms with Crippen LogP contribution in [0.4, 0.5) is 0 Å². The number of hydrogen-bond donors (Lipinski definition) is 2. The monoisotopic (exact) mass is 464 g/mol. The topological polar surface area (TPSA) is 106 Å². The quantitative estimate of drug-likeness (QED) is 0.327. The molecule has 0 aliphatic carbocycles. The number of benzene rings is 2. The molecule has 2 N–H and O–H groups in total. The fraction of sp³-hybridized carbons (Fsp3) is 0.375. The fourth-order valence-corrected chi connectivity index (χ4v) is 4.28. The van der Waals surface area contributed by atoms with Gasteiger partial charge in [0.2, 0.25) is 5.91 Å². The maximum atomic E-state index is 12.6. The first-order chi connectivity index (χ1) is 16.2. The number of hydrogen-bond acceptors (Lipinski definition) is 6. The Kier molecular flexibility index (Phi) is 7.72. The minimum Gasteiger partial charge on any atom is -0.346 e. The number of unbranched alkanes of at least 4 members (excludes halogenated alkanes) is 2. The average molecular weight is 465 g/mol. The molecule has 1 unspecified atom stereocenters. The van der Waals surface area contributed by atoms with Crippen molar-refractivity contribution in [3.63, 3.8) is 0 Å². The number of H-pyrrole nitrogens is 1. The lowest BCUT2D eigenvalue weighted by Crippen LogP contribution is -2.29. The van der Waals surface area contributed by atoms with Gasteiger partial charge in [0.1, 0.15) is 11.3 Å². The van der Waals surface area contributed by atoms with Gasteiger partial charge in [0.25, 0.3) is 5.56 Å². The summed E-state index contributed by atoms with van der Waals surface area (Å²) >= 11 is 1.75. The Morgan fingerprint density at radius 3 is 2.70 bits per heavy atom. The lowest BCUT2D eigenvalue weighted by Gasteiger charge is -2.16. The summed E-state index contributed by atoms with van der Waals surface area (Å²) in [5.74, 6) is 1.75. The number of imidazole rings is 1. The van der Waals surface area contributed by atoms with E-state index in [1.54, 1.807) is 23.9 Å². The largest absolute Gasteiger partial charge is 0.346 e. The summed E-state index contributed by atoms with van der Waals surface area (Å²) in [6.07, 6.45) is 5.65. The highest BCUT2D eigenvalue weighted by molar-refractivity contribution is 7.98. The second kappa shape index (κ2) is 11.1. The zero-order chi connectivity index (χ0) is 23.0. The molecule has 0 aliphatic rings. The van der Waals surface area contributed by atoms with E-state index < -0.39 is 0 Å². The molecule has 4 aromatic rings. The Bertz CT molecular complexity index is 1250. The van der Waals surface area contributed by atoms with Crippen molar-refractivity contribution < 1.29 is 4.79 Å². The predicted octanol–water partition coefficient (Wildman–Crippen LogP) is 3.84. The van der Waals surface area contributed by atoms with E-state index in [9.17, 15) is 9.59 Å². The van der Waals surface area contributed by atoms with Crippen molar-refractivity contribution in [1.82, 2.24) is 30.3 Å². The maximum Gasteiger partial charge on any atom is 0.277 e. The first-order valence-corrected chi connectivity index (χ1v) is 12.6. The average Bonchev–Trinajstić information content (AvgIpc) is 3.27. The number of rotatable bonds is 11. The molecule has 4 rings (SSSR count). The smallest absolute Gasteiger partial charge is 0.277 e. The molecule has 0 bridgehead atoms. The third-order valence-electron chi connectivity index (χ3n) is 5.59. The van der Waals surface area contributed by atoms with Gasteiger partial charge in [-0.25, -0.2) is 9.67 Å². The molecule has 172 valence electrons. The second-order valence-electron chi connectivity index (χ2n) is 7.99. The molecule has 8 nitrogen and oxygen atoms in total. The van der Waals surface area contributed by atoms with Gasteiger partial charge >= 0.3 is 0 Å². The van der Waals surface area contributed by atoms with Gasteiger partial charge in [-0.3, -0.25) is 9.59 Å². The van der Waals surface area contributed by atoms with E-state index in [1.807, 2.05) is 36.4 Å². The lowest BCUT2D eigenvalue weighted by molar-refractivity contribution is -0.122. The van der Waals surface area contributed by atoms with Crippen LogP contribution in [0.5, 0.6) is 0 Å². The summed E-state index contributed by atoms with van der Waals surface area (Å²) in [5.41, 5.74) is 2.36. The van der Waals surface area contributed by atoms with E-state index in [0.29, 0.717) is 23.9 Å². The summed E-state index contributed by atoms with van der Waals surface area (Å²) in [4.78, 5) is 33.1. The summed E-state index contributed by atoms with van der Waals surface area (Å²) in [5, 5.41) is 11.9. The van der Waals surface area contributed by atoms with Gasteiger partial charge in [0, 0.05) is 13.0 Å². The van der Waals surface area contributed by atoms with Crippen LogP contribution in [0.15, 0.2) is 53.3 Å². The van der Waals surface area contributed by atoms with Crippen LogP contribution in [-0.2, 0) is 11.3 Å². The van der Waals surface area contributed by atoms with Gasteiger partial charge < -0.3 is 10.3 Å². The second-order valence-corrected chi connectivity index (χ2v) is 8.97. The van der Waals surface area contributed by atoms with Crippen molar-refractivity contribution in [3.05, 3.63) is 64.7 Å². The van der Waals surface area contributed by atoms with Gasteiger partial charge in [0.05, 0.1) is 22.5 Å². The van der Waals surface area contributed by atoms with E-state index >= 15 is 0 Å². The molecule has 2 heterocycles. The van der Waals surface area contributed by atoms with Gasteiger partial charge in [0.15, 0.2) is 0 Å². The minimum absolute atomic E-state index is 0.0178. The number of carbonyl (C=O) groups excluding carboxylic acids is 1. The molecule has 2 aromatic carbocycles. The third kappa shape index (κ3) is 5.78. The van der Waals surface area contributed by atoms with Crippen molar-refractivity contribution in [2.75, 3.05) is 12.0 Å². The van der Waals surface area contributed by atoms with Gasteiger partial charge in [-0.2, -0.15) is 11.8 Å². The molecule has 0 saturated carbocycles. The van der Waals surface area contributed by atoms with Crippen LogP contribution >= 0.6 is 11.8 Å². The summed E-state index contributed by atoms with van der Waals surface area (Å²) in [6, 6.07) is 15.0. The van der Waals surface area contributed by atoms with Crippen LogP contribution in [0.2, 0.25) is 0 Å². The molecule has 1 amide bonds. The predicted molar refractivity (Wildman–Crippen MR) is 132 cm³/mol. The van der Waals surface area contributed by atoms with Gasteiger partial charge in [-0.05, 0) is 55.5 Å². The molecule has 0 radical (unpaired) electrons. The number of aromatic amines is 1. The first kappa shape index (κ1) is 23.0. The molecular weight excluding hydrogens is 436 g/mol. The van der Waals surface area contributed by atoms with Crippen LogP contribution in [0.1, 0.15) is 44.0 Å². The van der Waals surface area contributed by atoms with Crippen molar-refractivity contribution in [3.8, 4) is 0 Å². The van der Waals surface area contributed by atoms with E-state index in [1.165, 1.54) is 4.68 Å². The number of aromatic nitrogens is 5. The Hall–Kier alpha value is -3.20. The number of thioether (sulfide) groups is 1. The molecular formula is C24H28N6O2S. The number of nitrogens with one attached hydrogen (secondary N) is 2. The summed E-state index contributed by atoms with van der Waals surface area (Å²) in [6.45, 7) is 0.494. The zero-order valence-electron chi connectivity index (χ0n) is 18.7. The van der Waals surface area contributed by atoms with Gasteiger partial charge in [-0.15, -0.1) is 5.10 Å². The number of fused-ring (bicyclic) bond motifs is 2. The maximum absolute atomic E-state index is 12.6. The molecule has 0 aliphatic heterocycles. The highest BCUT2D eigenvalue weighted by atomic mass is 32.2. The van der Waals surface area contributed by atoms with Crippen LogP contribution < -0.4 is 10.9 Å². The SMILES string of the molecule is CSCCC(NC(=O)CCCCCn1nnc2ccccc2c1=O)c1nc2ccccc2[nH]1. The van der Waals surface area contributed by atoms with Crippen molar-refractivity contribution in [2.45, 2.75) is 44.7 Å². The fourth-order valence-electron chi connectivity index (χ4n) is 3.81. The Balaban J connectivity index is 1.27. The van der Waals surface area contributed by atoms with Crippen LogP contribution in [0.3, 0.4) is 0 Å². The van der Waals surface area contributed by atoms with E-state index in [-0.39, 0.29) is 17.5 Å². The molecule has 0 spiro atoms. The summed E-state index contributed by atoms with van der Waals surface area (Å²) in [7, 11) is 0. The number of amides is 1. The van der Waals surface area contributed by atoms with Crippen LogP contribution in [0.25, 0.3) is 21.9 Å². The molecule has 0 fully saturated rings. The highest BCUT2D eigenvalue weighted by Gasteiger charge is 2.18. The van der Waals surface area contributed by atoms with E-state index in [0.717, 1.165) is 48.3 Å². The molecule has 1 atom stereocenters. The van der Waals surface area contributed by atoms with Crippen LogP contribution in [0, 0.1) is 0 Å². The first-order valence-electron chi connectivity index (χ1n) is 11.2. The Morgan fingerprint density at radius 1 is 1.09 bits per heavy atom. The van der Waals surface area contributed by atoms with Gasteiger partial charge in [-0.1, -0.05) is 35.9 Å². The van der Waals surface area contributed by atoms with Crippen molar-refractivity contribution >= 4 is 39.6 Å². The third-order valence-corrected chi connectivity index (χ3v) is 6.23. The number of nitrogens with zero attached hydrogens (tertiary/aromatic N) is 4. The normalized spacial score (nSPS) is 12.3. The summed E-state index contributed by atoms with van der Waals surface area (Å²) < 4.78 is 1.41. The molecule has 0 saturated heterocycles. The lowest BCUT2D eigenvalue weighted by atomic mass is 10.1.